The largest absolute Gasteiger partial charge is 0.345 e. The number of nitrogens with zero attached hydrogens (tertiary/aromatic N) is 2. The molecule has 0 radical (unpaired) electrons. The number of rotatable bonds is 3. The first-order valence-electron chi connectivity index (χ1n) is 5.69. The van der Waals surface area contributed by atoms with Gasteiger partial charge in [0.1, 0.15) is 0 Å². The summed E-state index contributed by atoms with van der Waals surface area (Å²) in [5, 5.41) is 3.39. The van der Waals surface area contributed by atoms with Crippen LogP contribution in [0.3, 0.4) is 0 Å². The van der Waals surface area contributed by atoms with Gasteiger partial charge in [0.25, 0.3) is 0 Å². The molecule has 0 aliphatic carbocycles. The fourth-order valence-electron chi connectivity index (χ4n) is 2.13. The minimum absolute atomic E-state index is 0.807. The van der Waals surface area contributed by atoms with Crippen LogP contribution in [0.1, 0.15) is 18.5 Å². The molecule has 0 spiro atoms. The summed E-state index contributed by atoms with van der Waals surface area (Å²) in [4.78, 5) is 9.83. The second-order valence-corrected chi connectivity index (χ2v) is 4.46. The number of hydrogen-bond donors (Lipinski definition) is 2. The van der Waals surface area contributed by atoms with E-state index >= 15 is 0 Å². The molecular formula is C11H20N4. The minimum atomic E-state index is 0.807. The first-order valence-corrected chi connectivity index (χ1v) is 5.69. The van der Waals surface area contributed by atoms with Crippen LogP contribution in [0.15, 0.2) is 6.20 Å². The van der Waals surface area contributed by atoms with Crippen LogP contribution >= 0.6 is 0 Å². The van der Waals surface area contributed by atoms with E-state index in [1.165, 1.54) is 12.8 Å². The van der Waals surface area contributed by atoms with Crippen LogP contribution in [-0.2, 0) is 0 Å². The summed E-state index contributed by atoms with van der Waals surface area (Å²) < 4.78 is 0. The van der Waals surface area contributed by atoms with Gasteiger partial charge in [0.2, 0.25) is 5.95 Å². The molecule has 2 heterocycles. The Morgan fingerprint density at radius 2 is 2.20 bits per heavy atom. The highest BCUT2D eigenvalue weighted by atomic mass is 15.2. The number of aromatic nitrogens is 2. The van der Waals surface area contributed by atoms with Crippen molar-refractivity contribution >= 4 is 5.95 Å². The SMILES string of the molecule is Cc1cnc(N(C)CC2CCNCC2)[nH]1. The topological polar surface area (TPSA) is 44.0 Å². The number of piperidine rings is 1. The molecule has 1 aromatic rings. The van der Waals surface area contributed by atoms with Crippen molar-refractivity contribution in [2.45, 2.75) is 19.8 Å². The van der Waals surface area contributed by atoms with E-state index in [1.807, 2.05) is 13.1 Å². The Hall–Kier alpha value is -1.03. The van der Waals surface area contributed by atoms with Gasteiger partial charge in [-0.15, -0.1) is 0 Å². The number of aryl methyl sites for hydroxylation is 1. The molecule has 0 amide bonds. The standard InChI is InChI=1S/C11H20N4/c1-9-7-13-11(14-9)15(2)8-10-3-5-12-6-4-10/h7,10,12H,3-6,8H2,1-2H3,(H,13,14). The van der Waals surface area contributed by atoms with E-state index in [0.717, 1.165) is 37.2 Å². The average Bonchev–Trinajstić information content (AvgIpc) is 2.66. The maximum absolute atomic E-state index is 4.34. The summed E-state index contributed by atoms with van der Waals surface area (Å²) in [7, 11) is 2.11. The first kappa shape index (κ1) is 10.5. The van der Waals surface area contributed by atoms with Gasteiger partial charge < -0.3 is 15.2 Å². The third-order valence-electron chi connectivity index (χ3n) is 3.04. The van der Waals surface area contributed by atoms with Crippen molar-refractivity contribution in [2.75, 3.05) is 31.6 Å². The maximum atomic E-state index is 4.34. The lowest BCUT2D eigenvalue weighted by Crippen LogP contribution is -2.34. The summed E-state index contributed by atoms with van der Waals surface area (Å²) in [6.07, 6.45) is 4.45. The zero-order chi connectivity index (χ0) is 10.7. The molecule has 0 saturated carbocycles. The van der Waals surface area contributed by atoms with Gasteiger partial charge >= 0.3 is 0 Å². The van der Waals surface area contributed by atoms with Gasteiger partial charge in [-0.3, -0.25) is 0 Å². The van der Waals surface area contributed by atoms with Crippen LogP contribution in [0.2, 0.25) is 0 Å². The quantitative estimate of drug-likeness (QED) is 0.783. The van der Waals surface area contributed by atoms with Crippen LogP contribution in [0.5, 0.6) is 0 Å². The summed E-state index contributed by atoms with van der Waals surface area (Å²) in [6, 6.07) is 0. The molecular weight excluding hydrogens is 188 g/mol. The van der Waals surface area contributed by atoms with E-state index in [0.29, 0.717) is 0 Å². The Morgan fingerprint density at radius 1 is 1.47 bits per heavy atom. The van der Waals surface area contributed by atoms with Gasteiger partial charge in [-0.2, -0.15) is 0 Å². The summed E-state index contributed by atoms with van der Waals surface area (Å²) in [5.41, 5.74) is 1.13. The lowest BCUT2D eigenvalue weighted by Gasteiger charge is -2.27. The Bertz CT molecular complexity index is 301. The molecule has 0 bridgehead atoms. The first-order chi connectivity index (χ1) is 7.25. The molecule has 0 atom stereocenters. The Balaban J connectivity index is 1.88. The van der Waals surface area contributed by atoms with E-state index < -0.39 is 0 Å². The highest BCUT2D eigenvalue weighted by Crippen LogP contribution is 2.15. The predicted octanol–water partition coefficient (Wildman–Crippen LogP) is 1.15. The smallest absolute Gasteiger partial charge is 0.202 e. The summed E-state index contributed by atoms with van der Waals surface area (Å²) in [6.45, 7) is 5.47. The number of anilines is 1. The Labute approximate surface area is 91.1 Å². The zero-order valence-corrected chi connectivity index (χ0v) is 9.58. The second-order valence-electron chi connectivity index (χ2n) is 4.46. The molecule has 4 heteroatoms. The lowest BCUT2D eigenvalue weighted by atomic mass is 9.98. The molecule has 1 saturated heterocycles. The van der Waals surface area contributed by atoms with Gasteiger partial charge in [0.15, 0.2) is 0 Å². The monoisotopic (exact) mass is 208 g/mol. The molecule has 15 heavy (non-hydrogen) atoms. The fraction of sp³-hybridized carbons (Fsp3) is 0.727. The third kappa shape index (κ3) is 2.72. The van der Waals surface area contributed by atoms with E-state index in [9.17, 15) is 0 Å². The maximum Gasteiger partial charge on any atom is 0.202 e. The molecule has 1 aliphatic rings. The molecule has 0 aromatic carbocycles. The molecule has 1 aliphatic heterocycles. The normalized spacial score (nSPS) is 18.0. The Kier molecular flexibility index (Phi) is 3.26. The van der Waals surface area contributed by atoms with Gasteiger partial charge in [-0.1, -0.05) is 0 Å². The van der Waals surface area contributed by atoms with Crippen molar-refractivity contribution < 1.29 is 0 Å². The number of H-pyrrole nitrogens is 1. The molecule has 84 valence electrons. The molecule has 1 aromatic heterocycles. The van der Waals surface area contributed by atoms with E-state index in [4.69, 9.17) is 0 Å². The number of aromatic amines is 1. The van der Waals surface area contributed by atoms with Crippen LogP contribution in [0.4, 0.5) is 5.95 Å². The summed E-state index contributed by atoms with van der Waals surface area (Å²) in [5.74, 6) is 1.80. The van der Waals surface area contributed by atoms with Crippen molar-refractivity contribution in [3.8, 4) is 0 Å². The number of nitrogens with one attached hydrogen (secondary N) is 2. The van der Waals surface area contributed by atoms with Crippen LogP contribution in [0, 0.1) is 12.8 Å². The Morgan fingerprint density at radius 3 is 2.80 bits per heavy atom. The molecule has 1 fully saturated rings. The fourth-order valence-corrected chi connectivity index (χ4v) is 2.13. The zero-order valence-electron chi connectivity index (χ0n) is 9.58. The van der Waals surface area contributed by atoms with Crippen molar-refractivity contribution in [2.24, 2.45) is 5.92 Å². The molecule has 4 nitrogen and oxygen atoms in total. The van der Waals surface area contributed by atoms with Crippen LogP contribution in [0.25, 0.3) is 0 Å². The third-order valence-corrected chi connectivity index (χ3v) is 3.04. The minimum Gasteiger partial charge on any atom is -0.345 e. The van der Waals surface area contributed by atoms with Crippen molar-refractivity contribution in [1.82, 2.24) is 15.3 Å². The molecule has 0 unspecified atom stereocenters. The highest BCUT2D eigenvalue weighted by molar-refractivity contribution is 5.29. The second kappa shape index (κ2) is 4.66. The van der Waals surface area contributed by atoms with Crippen LogP contribution in [-0.4, -0.2) is 36.6 Å². The van der Waals surface area contributed by atoms with Crippen molar-refractivity contribution in [3.05, 3.63) is 11.9 Å². The predicted molar refractivity (Wildman–Crippen MR) is 62.2 cm³/mol. The number of imidazole rings is 1. The molecule has 2 N–H and O–H groups in total. The number of hydrogen-bond acceptors (Lipinski definition) is 3. The lowest BCUT2D eigenvalue weighted by molar-refractivity contribution is 0.377. The van der Waals surface area contributed by atoms with Gasteiger partial charge in [-0.25, -0.2) is 4.98 Å². The van der Waals surface area contributed by atoms with E-state index in [2.05, 4.69) is 27.2 Å². The average molecular weight is 208 g/mol. The van der Waals surface area contributed by atoms with Crippen LogP contribution < -0.4 is 10.2 Å². The van der Waals surface area contributed by atoms with Crippen molar-refractivity contribution in [1.29, 1.82) is 0 Å². The highest BCUT2D eigenvalue weighted by Gasteiger charge is 2.16. The van der Waals surface area contributed by atoms with Gasteiger partial charge in [0.05, 0.1) is 0 Å². The van der Waals surface area contributed by atoms with Gasteiger partial charge in [-0.05, 0) is 38.8 Å². The van der Waals surface area contributed by atoms with Crippen molar-refractivity contribution in [3.63, 3.8) is 0 Å². The van der Waals surface area contributed by atoms with Gasteiger partial charge in [0, 0.05) is 25.5 Å². The summed E-state index contributed by atoms with van der Waals surface area (Å²) >= 11 is 0. The van der Waals surface area contributed by atoms with E-state index in [1.54, 1.807) is 0 Å². The molecule has 2 rings (SSSR count). The van der Waals surface area contributed by atoms with E-state index in [-0.39, 0.29) is 0 Å².